The van der Waals surface area contributed by atoms with E-state index in [0.717, 1.165) is 68.0 Å². The topological polar surface area (TPSA) is 242 Å². The van der Waals surface area contributed by atoms with Gasteiger partial charge in [0.2, 0.25) is 0 Å². The average Bonchev–Trinajstić information content (AvgIpc) is 2.44. The Balaban J connectivity index is 0.000000241. The van der Waals surface area contributed by atoms with Crippen LogP contribution in [0.2, 0.25) is 51.4 Å². The third-order valence-corrected chi connectivity index (χ3v) is 18.6. The number of nitrogens with zero attached hydrogens (tertiary/aromatic N) is 8. The molecule has 22 nitrogen and oxygen atoms in total. The minimum Gasteiger partial charge on any atom is -0.444 e. The number of nitro groups is 2. The zero-order valence-corrected chi connectivity index (χ0v) is 56.3. The van der Waals surface area contributed by atoms with Gasteiger partial charge in [-0.1, -0.05) is 61.3 Å². The summed E-state index contributed by atoms with van der Waals surface area (Å²) < 4.78 is 38.2. The van der Waals surface area contributed by atoms with Crippen LogP contribution < -0.4 is 25.9 Å². The molecule has 2 N–H and O–H groups in total. The fourth-order valence-electron chi connectivity index (χ4n) is 9.07. The smallest absolute Gasteiger partial charge is 0.444 e. The van der Waals surface area contributed by atoms with E-state index in [1.807, 2.05) is 77.0 Å². The molecule has 2 aromatic heterocycles. The second kappa shape index (κ2) is 29.8. The van der Waals surface area contributed by atoms with Crippen LogP contribution in [0.4, 0.5) is 32.3 Å². The van der Waals surface area contributed by atoms with Crippen LogP contribution in [0.1, 0.15) is 94.9 Å². The normalized spacial score (nSPS) is 16.7. The van der Waals surface area contributed by atoms with Crippen molar-refractivity contribution < 1.29 is 47.7 Å². The third-order valence-electron chi connectivity index (χ3n) is 14.7. The molecule has 3 aliphatic heterocycles. The highest BCUT2D eigenvalue weighted by Crippen LogP contribution is 2.38. The number of halogens is 1. The van der Waals surface area contributed by atoms with E-state index in [-0.39, 0.29) is 39.5 Å². The molecule has 0 spiro atoms. The summed E-state index contributed by atoms with van der Waals surface area (Å²) in [7, 11) is -2.54. The molecule has 3 aliphatic rings. The Morgan fingerprint density at radius 3 is 1.51 bits per heavy atom. The summed E-state index contributed by atoms with van der Waals surface area (Å²) in [6, 6.07) is 12.7. The van der Waals surface area contributed by atoms with Gasteiger partial charge in [0, 0.05) is 115 Å². The van der Waals surface area contributed by atoms with Crippen molar-refractivity contribution in [2.24, 2.45) is 11.8 Å². The number of carbonyl (C=O) groups is 2. The fourth-order valence-corrected chi connectivity index (χ4v) is 10.9. The van der Waals surface area contributed by atoms with Crippen LogP contribution in [0.15, 0.2) is 65.7 Å². The summed E-state index contributed by atoms with van der Waals surface area (Å²) >= 11 is 3.28. The van der Waals surface area contributed by atoms with Gasteiger partial charge in [-0.2, -0.15) is 10.2 Å². The number of piperidine rings is 2. The van der Waals surface area contributed by atoms with Gasteiger partial charge in [0.15, 0.2) is 0 Å². The highest BCUT2D eigenvalue weighted by atomic mass is 79.9. The van der Waals surface area contributed by atoms with E-state index in [2.05, 4.69) is 109 Å². The predicted molar refractivity (Wildman–Crippen MR) is 340 cm³/mol. The fraction of sp³-hybridized carbons (Fsp3) is 0.655. The second-order valence-electron chi connectivity index (χ2n) is 27.3. The van der Waals surface area contributed by atoms with Gasteiger partial charge in [0.1, 0.15) is 36.0 Å². The highest BCUT2D eigenvalue weighted by molar-refractivity contribution is 9.10. The molecule has 4 aromatic rings. The summed E-state index contributed by atoms with van der Waals surface area (Å²) in [4.78, 5) is 50.3. The number of rotatable bonds is 20. The van der Waals surface area contributed by atoms with Gasteiger partial charge in [0.05, 0.1) is 27.2 Å². The number of nitro benzene ring substituents is 2. The summed E-state index contributed by atoms with van der Waals surface area (Å²) in [5.74, 6) is 0.652. The zero-order chi connectivity index (χ0) is 62.4. The molecule has 2 amide bonds. The lowest BCUT2D eigenvalue weighted by molar-refractivity contribution is -0.384. The Morgan fingerprint density at radius 2 is 1.08 bits per heavy atom. The standard InChI is InChI=1S/C26H41N5O5Si.C17H24BrN3O4.C15H29BN2O3Si/c1-26(2,3)36-25(32)27-16-20-9-11-29(12-10-20)23-8-7-21(15-24(23)31(33)34)22-17-28-30(18-22)19-35-13-14-37(4,5)6;1-17(2,3)25-16(22)19-11-12-6-8-20(9-7-12)14-5-4-13(18)10-15(14)21(23)24;1-14(2)15(3,4)21-16(20-14)13-10-17-18(11-13)12-19-8-9-22(5,6)7/h7-8,15,17-18,20H,9-14,16,19H2,1-6H3,(H,27,32);4-5,10,12H,6-9,11H2,1-3H3,(H,19,22);10-11H,8-9,12H2,1-7H3. The summed E-state index contributed by atoms with van der Waals surface area (Å²) in [5, 5.41) is 37.5. The number of hydrogen-bond acceptors (Lipinski definition) is 16. The molecule has 7 rings (SSSR count). The monoisotopic (exact) mass is 1270 g/mol. The molecule has 2 aromatic carbocycles. The Kier molecular flexibility index (Phi) is 24.6. The zero-order valence-electron chi connectivity index (χ0n) is 52.7. The van der Waals surface area contributed by atoms with E-state index < -0.39 is 39.5 Å². The van der Waals surface area contributed by atoms with Gasteiger partial charge in [0.25, 0.3) is 11.4 Å². The van der Waals surface area contributed by atoms with Crippen molar-refractivity contribution in [2.75, 3.05) is 62.3 Å². The summed E-state index contributed by atoms with van der Waals surface area (Å²) in [5.41, 5.74) is 2.28. The molecule has 26 heteroatoms. The lowest BCUT2D eigenvalue weighted by Crippen LogP contribution is -2.41. The molecule has 0 bridgehead atoms. The first-order valence-corrected chi connectivity index (χ1v) is 37.4. The van der Waals surface area contributed by atoms with Gasteiger partial charge in [-0.3, -0.25) is 20.2 Å². The van der Waals surface area contributed by atoms with Gasteiger partial charge in [-0.05, 0) is 143 Å². The second-order valence-corrected chi connectivity index (χ2v) is 39.5. The predicted octanol–water partition coefficient (Wildman–Crippen LogP) is 12.1. The molecule has 466 valence electrons. The molecule has 3 fully saturated rings. The first-order chi connectivity index (χ1) is 39.0. The average molecular weight is 1270 g/mol. The van der Waals surface area contributed by atoms with E-state index in [1.165, 1.54) is 12.1 Å². The highest BCUT2D eigenvalue weighted by Gasteiger charge is 2.52. The molecule has 0 aliphatic carbocycles. The quantitative estimate of drug-likeness (QED) is 0.0362. The molecular weight excluding hydrogens is 1180 g/mol. The van der Waals surface area contributed by atoms with Crippen LogP contribution in [0, 0.1) is 32.1 Å². The summed E-state index contributed by atoms with van der Waals surface area (Å²) in [6.45, 7) is 39.4. The number of aromatic nitrogens is 4. The largest absolute Gasteiger partial charge is 0.498 e. The molecule has 0 saturated carbocycles. The Labute approximate surface area is 508 Å². The number of ether oxygens (including phenoxy) is 4. The number of nitrogens with one attached hydrogen (secondary N) is 2. The number of anilines is 2. The number of alkyl carbamates (subject to hydrolysis) is 2. The molecule has 5 heterocycles. The van der Waals surface area contributed by atoms with Crippen molar-refractivity contribution in [2.45, 2.75) is 182 Å². The molecule has 3 saturated heterocycles. The van der Waals surface area contributed by atoms with E-state index >= 15 is 0 Å². The van der Waals surface area contributed by atoms with Crippen molar-refractivity contribution in [1.29, 1.82) is 0 Å². The van der Waals surface area contributed by atoms with Crippen molar-refractivity contribution in [3.63, 3.8) is 0 Å². The molecule has 84 heavy (non-hydrogen) atoms. The lowest BCUT2D eigenvalue weighted by Gasteiger charge is -2.33. The third kappa shape index (κ3) is 23.1. The van der Waals surface area contributed by atoms with E-state index in [0.29, 0.717) is 73.9 Å². The van der Waals surface area contributed by atoms with Gasteiger partial charge in [-0.25, -0.2) is 19.0 Å². The molecular formula is C58H94BBrN10O12Si2. The van der Waals surface area contributed by atoms with Crippen molar-refractivity contribution in [3.05, 3.63) is 85.9 Å². The number of amides is 2. The molecule has 0 radical (unpaired) electrons. The van der Waals surface area contributed by atoms with Crippen LogP contribution >= 0.6 is 15.9 Å². The first kappa shape index (κ1) is 69.4. The van der Waals surface area contributed by atoms with Crippen LogP contribution in [0.3, 0.4) is 0 Å². The number of benzene rings is 2. The summed E-state index contributed by atoms with van der Waals surface area (Å²) in [6.07, 6.45) is 9.88. The maximum absolute atomic E-state index is 11.9. The minimum atomic E-state index is -1.14. The van der Waals surface area contributed by atoms with Gasteiger partial charge >= 0.3 is 19.3 Å². The van der Waals surface area contributed by atoms with Crippen LogP contribution in [0.5, 0.6) is 0 Å². The SMILES string of the molecule is CC(C)(C)OC(=O)NCC1CCN(c2ccc(-c3cnn(COCC[Si](C)(C)C)c3)cc2[N+](=O)[O-])CC1.CC(C)(C)OC(=O)NCC1CCN(c2ccc(Br)cc2[N+](=O)[O-])CC1.CC1(C)OB(c2cnn(COCC[Si](C)(C)C)c2)OC1(C)C. The Morgan fingerprint density at radius 1 is 0.667 bits per heavy atom. The van der Waals surface area contributed by atoms with Crippen LogP contribution in [0.25, 0.3) is 11.1 Å². The molecule has 0 unspecified atom stereocenters. The Hall–Kier alpha value is -5.38. The van der Waals surface area contributed by atoms with Crippen molar-refractivity contribution >= 4 is 79.6 Å². The van der Waals surface area contributed by atoms with Crippen molar-refractivity contribution in [3.8, 4) is 11.1 Å². The van der Waals surface area contributed by atoms with E-state index in [4.69, 9.17) is 28.3 Å². The minimum absolute atomic E-state index is 0.0852. The lowest BCUT2D eigenvalue weighted by atomic mass is 9.82. The Bertz CT molecular complexity index is 2780. The van der Waals surface area contributed by atoms with E-state index in [9.17, 15) is 29.8 Å². The number of hydrogen-bond donors (Lipinski definition) is 2. The van der Waals surface area contributed by atoms with E-state index in [1.54, 1.807) is 33.9 Å². The van der Waals surface area contributed by atoms with Gasteiger partial charge in [-0.15, -0.1) is 0 Å². The van der Waals surface area contributed by atoms with Crippen molar-refractivity contribution in [1.82, 2.24) is 30.2 Å². The van der Waals surface area contributed by atoms with Crippen LogP contribution in [-0.2, 0) is 41.7 Å². The maximum Gasteiger partial charge on any atom is 0.498 e. The number of carbonyl (C=O) groups excluding carboxylic acids is 2. The molecule has 0 atom stereocenters. The van der Waals surface area contributed by atoms with Gasteiger partial charge < -0.3 is 48.7 Å². The maximum atomic E-state index is 11.9. The van der Waals surface area contributed by atoms with Crippen LogP contribution in [-0.4, -0.2) is 140 Å². The first-order valence-electron chi connectivity index (χ1n) is 29.2.